The maximum atomic E-state index is 12.2. The summed E-state index contributed by atoms with van der Waals surface area (Å²) in [4.78, 5) is 35.5. The number of benzene rings is 1. The molecule has 1 N–H and O–H groups in total. The van der Waals surface area contributed by atoms with Gasteiger partial charge in [-0.2, -0.15) is 0 Å². The lowest BCUT2D eigenvalue weighted by molar-refractivity contribution is -0.130. The highest BCUT2D eigenvalue weighted by Gasteiger charge is 2.24. The van der Waals surface area contributed by atoms with Gasteiger partial charge >= 0.3 is 5.97 Å². The Morgan fingerprint density at radius 3 is 2.19 bits per heavy atom. The predicted octanol–water partition coefficient (Wildman–Crippen LogP) is 3.61. The third-order valence-corrected chi connectivity index (χ3v) is 3.53. The smallest absolute Gasteiger partial charge is 0.375 e. The molecule has 138 valence electrons. The van der Waals surface area contributed by atoms with Gasteiger partial charge in [-0.3, -0.25) is 9.59 Å². The molecule has 0 fully saturated rings. The first-order valence-electron chi connectivity index (χ1n) is 8.31. The summed E-state index contributed by atoms with van der Waals surface area (Å²) in [5.74, 6) is -0.640. The van der Waals surface area contributed by atoms with Gasteiger partial charge in [-0.1, -0.05) is 24.3 Å². The Balaban J connectivity index is 2.05. The van der Waals surface area contributed by atoms with Gasteiger partial charge in [0.25, 0.3) is 5.91 Å². The van der Waals surface area contributed by atoms with E-state index in [4.69, 9.17) is 9.15 Å². The van der Waals surface area contributed by atoms with E-state index in [9.17, 15) is 14.4 Å². The van der Waals surface area contributed by atoms with Crippen LogP contribution in [0, 0.1) is 0 Å². The van der Waals surface area contributed by atoms with Crippen molar-refractivity contribution in [3.8, 4) is 11.3 Å². The molecule has 0 saturated heterocycles. The number of hydrogen-bond donors (Lipinski definition) is 1. The molecule has 0 unspecified atom stereocenters. The van der Waals surface area contributed by atoms with Crippen LogP contribution < -0.4 is 5.32 Å². The summed E-state index contributed by atoms with van der Waals surface area (Å²) < 4.78 is 10.7. The number of carbonyl (C=O) groups excluding carboxylic acids is 3. The van der Waals surface area contributed by atoms with Crippen LogP contribution in [0.25, 0.3) is 11.3 Å². The van der Waals surface area contributed by atoms with Gasteiger partial charge in [0, 0.05) is 16.7 Å². The lowest BCUT2D eigenvalue weighted by atomic mass is 10.1. The Kier molecular flexibility index (Phi) is 5.65. The normalized spacial score (nSPS) is 12.3. The van der Waals surface area contributed by atoms with E-state index in [1.807, 2.05) is 20.8 Å². The first-order valence-corrected chi connectivity index (χ1v) is 8.31. The monoisotopic (exact) mass is 357 g/mol. The lowest BCUT2D eigenvalue weighted by Crippen LogP contribution is -2.46. The molecule has 0 saturated carbocycles. The molecule has 26 heavy (non-hydrogen) atoms. The quantitative estimate of drug-likeness (QED) is 0.653. The molecule has 2 rings (SSSR count). The molecule has 2 aromatic rings. The standard InChI is InChI=1S/C20H23NO5/c1-12(22)14-6-8-15(9-7-14)16-10-11-17(26-16)19(24)25-13(2)18(23)21-20(3,4)5/h6-11,13H,1-5H3,(H,21,23)/t13-/m1/s1. The van der Waals surface area contributed by atoms with Gasteiger partial charge < -0.3 is 14.5 Å². The summed E-state index contributed by atoms with van der Waals surface area (Å²) in [6.07, 6.45) is -0.940. The minimum absolute atomic E-state index is 0.00560. The van der Waals surface area contributed by atoms with Crippen LogP contribution >= 0.6 is 0 Å². The lowest BCUT2D eigenvalue weighted by Gasteiger charge is -2.22. The van der Waals surface area contributed by atoms with Crippen LogP contribution in [-0.2, 0) is 9.53 Å². The number of ketones is 1. The molecule has 0 bridgehead atoms. The largest absolute Gasteiger partial charge is 0.449 e. The van der Waals surface area contributed by atoms with E-state index in [2.05, 4.69) is 5.32 Å². The number of Topliss-reactive ketones (excluding diaryl/α,β-unsaturated/α-hetero) is 1. The molecule has 1 aromatic carbocycles. The molecule has 1 atom stereocenters. The number of amides is 1. The van der Waals surface area contributed by atoms with Gasteiger partial charge in [-0.05, 0) is 46.8 Å². The van der Waals surface area contributed by atoms with Crippen molar-refractivity contribution in [1.82, 2.24) is 5.32 Å². The van der Waals surface area contributed by atoms with Crippen LogP contribution in [0.5, 0.6) is 0 Å². The van der Waals surface area contributed by atoms with Crippen molar-refractivity contribution in [2.75, 3.05) is 0 Å². The highest BCUT2D eigenvalue weighted by Crippen LogP contribution is 2.23. The summed E-state index contributed by atoms with van der Waals surface area (Å²) in [6, 6.07) is 9.99. The third-order valence-electron chi connectivity index (χ3n) is 3.53. The fourth-order valence-corrected chi connectivity index (χ4v) is 2.22. The van der Waals surface area contributed by atoms with Gasteiger partial charge in [-0.15, -0.1) is 0 Å². The zero-order chi connectivity index (χ0) is 19.5. The molecular formula is C20H23NO5. The topological polar surface area (TPSA) is 85.6 Å². The number of esters is 1. The van der Waals surface area contributed by atoms with Crippen molar-refractivity contribution < 1.29 is 23.5 Å². The van der Waals surface area contributed by atoms with Crippen molar-refractivity contribution >= 4 is 17.7 Å². The number of furan rings is 1. The second-order valence-electron chi connectivity index (χ2n) is 7.08. The molecule has 0 spiro atoms. The summed E-state index contributed by atoms with van der Waals surface area (Å²) in [5.41, 5.74) is 0.910. The fourth-order valence-electron chi connectivity index (χ4n) is 2.22. The fraction of sp³-hybridized carbons (Fsp3) is 0.350. The van der Waals surface area contributed by atoms with Crippen molar-refractivity contribution in [2.45, 2.75) is 46.3 Å². The highest BCUT2D eigenvalue weighted by atomic mass is 16.6. The molecule has 0 aliphatic carbocycles. The predicted molar refractivity (Wildman–Crippen MR) is 96.9 cm³/mol. The third kappa shape index (κ3) is 5.05. The number of rotatable bonds is 5. The Morgan fingerprint density at radius 2 is 1.65 bits per heavy atom. The number of ether oxygens (including phenoxy) is 1. The van der Waals surface area contributed by atoms with Crippen LogP contribution in [-0.4, -0.2) is 29.3 Å². The minimum atomic E-state index is -0.940. The van der Waals surface area contributed by atoms with E-state index in [-0.39, 0.29) is 17.5 Å². The molecule has 6 heteroatoms. The van der Waals surface area contributed by atoms with Gasteiger partial charge in [0.2, 0.25) is 5.76 Å². The van der Waals surface area contributed by atoms with Crippen molar-refractivity contribution in [2.24, 2.45) is 0 Å². The molecule has 1 heterocycles. The number of nitrogens with one attached hydrogen (secondary N) is 1. The maximum Gasteiger partial charge on any atom is 0.375 e. The summed E-state index contributed by atoms with van der Waals surface area (Å²) in [5, 5.41) is 2.75. The Bertz CT molecular complexity index is 811. The van der Waals surface area contributed by atoms with Gasteiger partial charge in [0.1, 0.15) is 5.76 Å². The van der Waals surface area contributed by atoms with Gasteiger partial charge in [0.15, 0.2) is 11.9 Å². The Morgan fingerprint density at radius 1 is 1.04 bits per heavy atom. The molecule has 0 radical (unpaired) electrons. The Hall–Kier alpha value is -2.89. The van der Waals surface area contributed by atoms with Crippen LogP contribution in [0.3, 0.4) is 0 Å². The van der Waals surface area contributed by atoms with Crippen LogP contribution in [0.2, 0.25) is 0 Å². The maximum absolute atomic E-state index is 12.2. The van der Waals surface area contributed by atoms with Gasteiger partial charge in [-0.25, -0.2) is 4.79 Å². The zero-order valence-corrected chi connectivity index (χ0v) is 15.6. The second kappa shape index (κ2) is 7.56. The molecular weight excluding hydrogens is 334 g/mol. The average Bonchev–Trinajstić information content (AvgIpc) is 3.03. The van der Waals surface area contributed by atoms with Crippen LogP contribution in [0.15, 0.2) is 40.8 Å². The van der Waals surface area contributed by atoms with E-state index < -0.39 is 17.6 Å². The average molecular weight is 357 g/mol. The molecule has 6 nitrogen and oxygen atoms in total. The van der Waals surface area contributed by atoms with E-state index in [1.54, 1.807) is 30.3 Å². The number of carbonyl (C=O) groups is 3. The molecule has 0 aliphatic heterocycles. The van der Waals surface area contributed by atoms with Gasteiger partial charge in [0.05, 0.1) is 0 Å². The van der Waals surface area contributed by atoms with E-state index >= 15 is 0 Å². The van der Waals surface area contributed by atoms with Crippen LogP contribution in [0.1, 0.15) is 55.5 Å². The van der Waals surface area contributed by atoms with E-state index in [1.165, 1.54) is 19.9 Å². The second-order valence-corrected chi connectivity index (χ2v) is 7.08. The Labute approximate surface area is 152 Å². The minimum Gasteiger partial charge on any atom is -0.449 e. The molecule has 0 aliphatic rings. The van der Waals surface area contributed by atoms with Crippen molar-refractivity contribution in [3.63, 3.8) is 0 Å². The SMILES string of the molecule is CC(=O)c1ccc(-c2ccc(C(=O)O[C@H](C)C(=O)NC(C)(C)C)o2)cc1. The van der Waals surface area contributed by atoms with Crippen molar-refractivity contribution in [1.29, 1.82) is 0 Å². The van der Waals surface area contributed by atoms with E-state index in [0.29, 0.717) is 11.3 Å². The first-order chi connectivity index (χ1) is 12.1. The van der Waals surface area contributed by atoms with Crippen molar-refractivity contribution in [3.05, 3.63) is 47.7 Å². The molecule has 1 aromatic heterocycles. The zero-order valence-electron chi connectivity index (χ0n) is 15.6. The summed E-state index contributed by atoms with van der Waals surface area (Å²) in [6.45, 7) is 8.52. The first kappa shape index (κ1) is 19.4. The van der Waals surface area contributed by atoms with E-state index in [0.717, 1.165) is 5.56 Å². The summed E-state index contributed by atoms with van der Waals surface area (Å²) >= 11 is 0. The van der Waals surface area contributed by atoms with Crippen LogP contribution in [0.4, 0.5) is 0 Å². The number of hydrogen-bond acceptors (Lipinski definition) is 5. The highest BCUT2D eigenvalue weighted by molar-refractivity contribution is 5.94. The molecule has 1 amide bonds. The summed E-state index contributed by atoms with van der Waals surface area (Å²) in [7, 11) is 0.